The highest BCUT2D eigenvalue weighted by Crippen LogP contribution is 2.11. The minimum absolute atomic E-state index is 0. The van der Waals surface area contributed by atoms with E-state index in [0.29, 0.717) is 6.61 Å². The Labute approximate surface area is 193 Å². The van der Waals surface area contributed by atoms with E-state index in [9.17, 15) is 4.79 Å². The Morgan fingerprint density at radius 1 is 0.833 bits per heavy atom. The molecule has 0 saturated carbocycles. The van der Waals surface area contributed by atoms with Crippen LogP contribution in [0.1, 0.15) is 103 Å². The summed E-state index contributed by atoms with van der Waals surface area (Å²) in [6.45, 7) is 3.68. The summed E-state index contributed by atoms with van der Waals surface area (Å²) in [5.41, 5.74) is 0. The van der Waals surface area contributed by atoms with Crippen LogP contribution in [0.4, 0.5) is 0 Å². The average molecular weight is 449 g/mol. The van der Waals surface area contributed by atoms with Gasteiger partial charge in [0.15, 0.2) is 0 Å². The van der Waals surface area contributed by atoms with E-state index in [1.807, 2.05) is 0 Å². The Bertz CT molecular complexity index is 408. The number of halogens is 1. The van der Waals surface area contributed by atoms with E-state index in [0.717, 1.165) is 17.4 Å². The molecule has 0 saturated heterocycles. The Hall–Kier alpha value is -0.580. The van der Waals surface area contributed by atoms with Crippen LogP contribution in [0, 0.1) is 0 Å². The summed E-state index contributed by atoms with van der Waals surface area (Å²) >= 11 is 0. The zero-order chi connectivity index (χ0) is 21.8. The molecule has 0 bridgehead atoms. The second-order valence-corrected chi connectivity index (χ2v) is 9.50. The molecule has 0 spiro atoms. The van der Waals surface area contributed by atoms with Crippen molar-refractivity contribution in [2.24, 2.45) is 0 Å². The predicted molar refractivity (Wildman–Crippen MR) is 132 cm³/mol. The molecular weight excluding hydrogens is 398 g/mol. The van der Waals surface area contributed by atoms with Crippen LogP contribution in [0.25, 0.3) is 0 Å². The van der Waals surface area contributed by atoms with Crippen molar-refractivity contribution in [3.05, 3.63) is 12.2 Å². The van der Waals surface area contributed by atoms with Crippen molar-refractivity contribution >= 4 is 18.4 Å². The molecule has 1 unspecified atom stereocenters. The molecular formula is C25H51ClNO3+. The van der Waals surface area contributed by atoms with Crippen LogP contribution >= 0.6 is 12.4 Å². The largest absolute Gasteiger partial charge is 0.481 e. The summed E-state index contributed by atoms with van der Waals surface area (Å²) in [5.74, 6) is -0.774. The molecule has 30 heavy (non-hydrogen) atoms. The summed E-state index contributed by atoms with van der Waals surface area (Å²) in [4.78, 5) is 11.0. The molecule has 0 aliphatic heterocycles. The maximum Gasteiger partial charge on any atom is 0.306 e. The number of ether oxygens (including phenoxy) is 1. The molecule has 5 heteroatoms. The number of carboxylic acid groups (broad SMARTS) is 1. The van der Waals surface area contributed by atoms with Crippen LogP contribution in [0.2, 0.25) is 0 Å². The number of hydrogen-bond donors (Lipinski definition) is 1. The number of nitrogens with zero attached hydrogens (tertiary/aromatic N) is 1. The fraction of sp³-hybridized carbons (Fsp3) is 0.880. The number of unbranched alkanes of at least 4 members (excludes halogenated alkanes) is 12. The van der Waals surface area contributed by atoms with Gasteiger partial charge in [-0.25, -0.2) is 0 Å². The maximum absolute atomic E-state index is 11.0. The zero-order valence-electron chi connectivity index (χ0n) is 20.4. The predicted octanol–water partition coefficient (Wildman–Crippen LogP) is 7.01. The van der Waals surface area contributed by atoms with Gasteiger partial charge in [0.2, 0.25) is 0 Å². The number of carbonyl (C=O) groups is 1. The Morgan fingerprint density at radius 2 is 1.30 bits per heavy atom. The number of likely N-dealkylation sites (N-methyl/N-ethyl adjacent to an activating group) is 1. The van der Waals surface area contributed by atoms with E-state index >= 15 is 0 Å². The van der Waals surface area contributed by atoms with Crippen molar-refractivity contribution in [1.82, 2.24) is 0 Å². The van der Waals surface area contributed by atoms with E-state index in [1.165, 1.54) is 83.5 Å². The first-order chi connectivity index (χ1) is 13.8. The van der Waals surface area contributed by atoms with Gasteiger partial charge in [-0.3, -0.25) is 4.79 Å². The standard InChI is InChI=1S/C25H49NO3.ClH/c1-5-6-7-8-9-10-11-12-13-14-15-16-17-18-19-20-21-29-24(22-25(27)28)23-26(2,3)4;/h12-13,24H,5-11,14-23H2,1-4H3;1H/p+1/b13-12-;. The number of quaternary nitrogens is 1. The molecule has 0 radical (unpaired) electrons. The lowest BCUT2D eigenvalue weighted by atomic mass is 10.1. The monoisotopic (exact) mass is 448 g/mol. The Balaban J connectivity index is 0. The lowest BCUT2D eigenvalue weighted by Crippen LogP contribution is -2.43. The summed E-state index contributed by atoms with van der Waals surface area (Å²) in [6.07, 6.45) is 22.8. The molecule has 0 aliphatic carbocycles. The van der Waals surface area contributed by atoms with Gasteiger partial charge < -0.3 is 14.3 Å². The fourth-order valence-electron chi connectivity index (χ4n) is 3.58. The van der Waals surface area contributed by atoms with E-state index in [-0.39, 0.29) is 24.9 Å². The molecule has 4 nitrogen and oxygen atoms in total. The first-order valence-electron chi connectivity index (χ1n) is 12.1. The van der Waals surface area contributed by atoms with Crippen molar-refractivity contribution in [3.8, 4) is 0 Å². The molecule has 1 atom stereocenters. The van der Waals surface area contributed by atoms with Crippen molar-refractivity contribution in [2.75, 3.05) is 34.3 Å². The number of rotatable bonds is 21. The van der Waals surface area contributed by atoms with Crippen LogP contribution in [-0.4, -0.2) is 56.0 Å². The van der Waals surface area contributed by atoms with Gasteiger partial charge >= 0.3 is 5.97 Å². The summed E-state index contributed by atoms with van der Waals surface area (Å²) < 4.78 is 6.57. The van der Waals surface area contributed by atoms with E-state index in [2.05, 4.69) is 40.2 Å². The minimum atomic E-state index is -0.774. The quantitative estimate of drug-likeness (QED) is 0.117. The van der Waals surface area contributed by atoms with Gasteiger partial charge in [-0.1, -0.05) is 76.9 Å². The SMILES string of the molecule is CCCCCCCC/C=C\CCCCCCCCOC(CC(=O)O)C[N+](C)(C)C.Cl. The second-order valence-electron chi connectivity index (χ2n) is 9.50. The molecule has 0 aromatic heterocycles. The second kappa shape index (κ2) is 21.6. The number of hydrogen-bond acceptors (Lipinski definition) is 2. The van der Waals surface area contributed by atoms with Gasteiger partial charge in [0.25, 0.3) is 0 Å². The van der Waals surface area contributed by atoms with Gasteiger partial charge in [-0.15, -0.1) is 12.4 Å². The molecule has 0 rings (SSSR count). The van der Waals surface area contributed by atoms with Gasteiger partial charge in [0, 0.05) is 6.61 Å². The van der Waals surface area contributed by atoms with Crippen LogP contribution in [-0.2, 0) is 9.53 Å². The smallest absolute Gasteiger partial charge is 0.306 e. The average Bonchev–Trinajstić information content (AvgIpc) is 2.62. The first-order valence-corrected chi connectivity index (χ1v) is 12.1. The number of allylic oxidation sites excluding steroid dienone is 2. The van der Waals surface area contributed by atoms with Gasteiger partial charge in [-0.05, 0) is 32.1 Å². The number of aliphatic carboxylic acids is 1. The Morgan fingerprint density at radius 3 is 1.77 bits per heavy atom. The lowest BCUT2D eigenvalue weighted by Gasteiger charge is -2.28. The normalized spacial score (nSPS) is 12.8. The van der Waals surface area contributed by atoms with Crippen LogP contribution in [0.5, 0.6) is 0 Å². The highest BCUT2D eigenvalue weighted by atomic mass is 35.5. The molecule has 0 aliphatic rings. The third-order valence-corrected chi connectivity index (χ3v) is 5.16. The topological polar surface area (TPSA) is 46.5 Å². The van der Waals surface area contributed by atoms with Crippen molar-refractivity contribution in [2.45, 2.75) is 109 Å². The molecule has 0 aromatic carbocycles. The first kappa shape index (κ1) is 31.6. The summed E-state index contributed by atoms with van der Waals surface area (Å²) in [5, 5.41) is 9.03. The van der Waals surface area contributed by atoms with Crippen LogP contribution in [0.15, 0.2) is 12.2 Å². The molecule has 0 aromatic rings. The molecule has 180 valence electrons. The summed E-state index contributed by atoms with van der Waals surface area (Å²) in [7, 11) is 6.21. The molecule has 0 amide bonds. The summed E-state index contributed by atoms with van der Waals surface area (Å²) in [6, 6.07) is 0. The number of carboxylic acids is 1. The zero-order valence-corrected chi connectivity index (χ0v) is 21.2. The highest BCUT2D eigenvalue weighted by molar-refractivity contribution is 5.85. The fourth-order valence-corrected chi connectivity index (χ4v) is 3.58. The van der Waals surface area contributed by atoms with Crippen molar-refractivity contribution < 1.29 is 19.1 Å². The van der Waals surface area contributed by atoms with Gasteiger partial charge in [0.05, 0.1) is 27.6 Å². The van der Waals surface area contributed by atoms with Gasteiger partial charge in [0.1, 0.15) is 12.6 Å². The van der Waals surface area contributed by atoms with Crippen LogP contribution in [0.3, 0.4) is 0 Å². The minimum Gasteiger partial charge on any atom is -0.481 e. The lowest BCUT2D eigenvalue weighted by molar-refractivity contribution is -0.873. The van der Waals surface area contributed by atoms with E-state index in [4.69, 9.17) is 9.84 Å². The molecule has 0 heterocycles. The maximum atomic E-state index is 11.0. The van der Waals surface area contributed by atoms with E-state index < -0.39 is 5.97 Å². The third-order valence-electron chi connectivity index (χ3n) is 5.16. The Kier molecular flexibility index (Phi) is 22.8. The van der Waals surface area contributed by atoms with Gasteiger partial charge in [-0.2, -0.15) is 0 Å². The van der Waals surface area contributed by atoms with Crippen molar-refractivity contribution in [3.63, 3.8) is 0 Å². The third kappa shape index (κ3) is 25.5. The van der Waals surface area contributed by atoms with Crippen molar-refractivity contribution in [1.29, 1.82) is 0 Å². The molecule has 0 fully saturated rings. The molecule has 1 N–H and O–H groups in total. The highest BCUT2D eigenvalue weighted by Gasteiger charge is 2.21. The van der Waals surface area contributed by atoms with Crippen LogP contribution < -0.4 is 0 Å². The van der Waals surface area contributed by atoms with E-state index in [1.54, 1.807) is 0 Å².